The minimum Gasteiger partial charge on any atom is -0.122 e. The lowest BCUT2D eigenvalue weighted by atomic mass is 9.96. The van der Waals surface area contributed by atoms with Crippen molar-refractivity contribution >= 4 is 34.8 Å². The normalized spacial score (nSPS) is 19.5. The first-order valence-corrected chi connectivity index (χ1v) is 6.85. The Bertz CT molecular complexity index is 371. The van der Waals surface area contributed by atoms with Gasteiger partial charge in [0.15, 0.2) is 0 Å². The highest BCUT2D eigenvalue weighted by Crippen LogP contribution is 2.40. The lowest BCUT2D eigenvalue weighted by Gasteiger charge is -2.17. The summed E-state index contributed by atoms with van der Waals surface area (Å²) in [7, 11) is 0. The van der Waals surface area contributed by atoms with E-state index in [2.05, 4.69) is 6.92 Å². The summed E-state index contributed by atoms with van der Waals surface area (Å²) in [4.78, 5) is 0. The largest absolute Gasteiger partial charge is 0.122 e. The van der Waals surface area contributed by atoms with Crippen molar-refractivity contribution in [2.75, 3.05) is 0 Å². The highest BCUT2D eigenvalue weighted by Gasteiger charge is 2.32. The van der Waals surface area contributed by atoms with Gasteiger partial charge < -0.3 is 0 Å². The SMILES string of the molecule is CC(C(Cl)Cc1ccc(Cl)c(Cl)c1)C1CC1. The van der Waals surface area contributed by atoms with Crippen molar-refractivity contribution in [2.45, 2.75) is 31.6 Å². The van der Waals surface area contributed by atoms with E-state index in [4.69, 9.17) is 34.8 Å². The average molecular weight is 278 g/mol. The molecule has 0 aromatic heterocycles. The number of hydrogen-bond acceptors (Lipinski definition) is 0. The van der Waals surface area contributed by atoms with Gasteiger partial charge in [-0.2, -0.15) is 0 Å². The second-order valence-electron chi connectivity index (χ2n) is 4.67. The van der Waals surface area contributed by atoms with Crippen molar-refractivity contribution < 1.29 is 0 Å². The predicted molar refractivity (Wildman–Crippen MR) is 71.7 cm³/mol. The zero-order chi connectivity index (χ0) is 11.7. The lowest BCUT2D eigenvalue weighted by Crippen LogP contribution is -2.16. The van der Waals surface area contributed by atoms with Gasteiger partial charge in [0.05, 0.1) is 10.0 Å². The molecule has 2 rings (SSSR count). The van der Waals surface area contributed by atoms with Crippen LogP contribution in [-0.2, 0) is 6.42 Å². The van der Waals surface area contributed by atoms with E-state index < -0.39 is 0 Å². The van der Waals surface area contributed by atoms with Crippen molar-refractivity contribution in [3.63, 3.8) is 0 Å². The van der Waals surface area contributed by atoms with E-state index in [0.717, 1.165) is 12.3 Å². The Kier molecular flexibility index (Phi) is 4.05. The Balaban J connectivity index is 1.99. The van der Waals surface area contributed by atoms with Crippen LogP contribution in [0.2, 0.25) is 10.0 Å². The van der Waals surface area contributed by atoms with Crippen molar-refractivity contribution in [3.8, 4) is 0 Å². The van der Waals surface area contributed by atoms with Crippen molar-refractivity contribution in [2.24, 2.45) is 11.8 Å². The fourth-order valence-corrected chi connectivity index (χ4v) is 2.70. The van der Waals surface area contributed by atoms with Gasteiger partial charge in [0.1, 0.15) is 0 Å². The number of halogens is 3. The lowest BCUT2D eigenvalue weighted by molar-refractivity contribution is 0.478. The monoisotopic (exact) mass is 276 g/mol. The maximum atomic E-state index is 6.42. The molecule has 2 unspecified atom stereocenters. The molecule has 0 heterocycles. The van der Waals surface area contributed by atoms with Gasteiger partial charge in [-0.3, -0.25) is 0 Å². The van der Waals surface area contributed by atoms with Crippen LogP contribution < -0.4 is 0 Å². The van der Waals surface area contributed by atoms with Gasteiger partial charge >= 0.3 is 0 Å². The molecular formula is C13H15Cl3. The van der Waals surface area contributed by atoms with E-state index in [1.54, 1.807) is 0 Å². The number of hydrogen-bond donors (Lipinski definition) is 0. The Labute approximate surface area is 112 Å². The van der Waals surface area contributed by atoms with E-state index in [-0.39, 0.29) is 5.38 Å². The maximum absolute atomic E-state index is 6.42. The molecule has 0 amide bonds. The van der Waals surface area contributed by atoms with Crippen LogP contribution in [-0.4, -0.2) is 5.38 Å². The van der Waals surface area contributed by atoms with Gasteiger partial charge in [0.2, 0.25) is 0 Å². The molecular weight excluding hydrogens is 263 g/mol. The van der Waals surface area contributed by atoms with Crippen LogP contribution in [0.5, 0.6) is 0 Å². The highest BCUT2D eigenvalue weighted by molar-refractivity contribution is 6.42. The Hall–Kier alpha value is 0.0900. The van der Waals surface area contributed by atoms with Gasteiger partial charge in [-0.1, -0.05) is 36.2 Å². The van der Waals surface area contributed by atoms with Crippen molar-refractivity contribution in [1.29, 1.82) is 0 Å². The van der Waals surface area contributed by atoms with E-state index >= 15 is 0 Å². The minimum atomic E-state index is 0.199. The third-order valence-electron chi connectivity index (χ3n) is 3.35. The smallest absolute Gasteiger partial charge is 0.0595 e. The molecule has 88 valence electrons. The molecule has 1 aromatic carbocycles. The molecule has 0 aliphatic heterocycles. The molecule has 1 aromatic rings. The van der Waals surface area contributed by atoms with Gasteiger partial charge in [-0.15, -0.1) is 11.6 Å². The number of alkyl halides is 1. The topological polar surface area (TPSA) is 0 Å². The zero-order valence-electron chi connectivity index (χ0n) is 9.22. The van der Waals surface area contributed by atoms with Crippen LogP contribution in [0, 0.1) is 11.8 Å². The third kappa shape index (κ3) is 3.06. The molecule has 1 fully saturated rings. The maximum Gasteiger partial charge on any atom is 0.0595 e. The average Bonchev–Trinajstić information content (AvgIpc) is 3.06. The van der Waals surface area contributed by atoms with Gasteiger partial charge in [0.25, 0.3) is 0 Å². The molecule has 1 aliphatic rings. The molecule has 0 saturated heterocycles. The summed E-state index contributed by atoms with van der Waals surface area (Å²) in [6, 6.07) is 5.76. The fraction of sp³-hybridized carbons (Fsp3) is 0.538. The molecule has 0 nitrogen and oxygen atoms in total. The molecule has 0 spiro atoms. The van der Waals surface area contributed by atoms with Crippen LogP contribution in [0.4, 0.5) is 0 Å². The minimum absolute atomic E-state index is 0.199. The quantitative estimate of drug-likeness (QED) is 0.664. The van der Waals surface area contributed by atoms with Crippen LogP contribution in [0.1, 0.15) is 25.3 Å². The summed E-state index contributed by atoms with van der Waals surface area (Å²) in [5.41, 5.74) is 1.17. The van der Waals surface area contributed by atoms with Crippen LogP contribution >= 0.6 is 34.8 Å². The predicted octanol–water partition coefficient (Wildman–Crippen LogP) is 5.19. The summed E-state index contributed by atoms with van der Waals surface area (Å²) in [5.74, 6) is 1.43. The summed E-state index contributed by atoms with van der Waals surface area (Å²) in [6.07, 6.45) is 3.55. The van der Waals surface area contributed by atoms with Gasteiger partial charge in [-0.05, 0) is 48.8 Å². The van der Waals surface area contributed by atoms with Crippen LogP contribution in [0.15, 0.2) is 18.2 Å². The first-order valence-electron chi connectivity index (χ1n) is 5.66. The van der Waals surface area contributed by atoms with Gasteiger partial charge in [0, 0.05) is 5.38 Å². The standard InChI is InChI=1S/C13H15Cl3/c1-8(10-3-4-10)12(15)6-9-2-5-11(14)13(16)7-9/h2,5,7-8,10,12H,3-4,6H2,1H3. The summed E-state index contributed by atoms with van der Waals surface area (Å²) in [6.45, 7) is 2.24. The second-order valence-corrected chi connectivity index (χ2v) is 6.04. The highest BCUT2D eigenvalue weighted by atomic mass is 35.5. The molecule has 0 bridgehead atoms. The zero-order valence-corrected chi connectivity index (χ0v) is 11.5. The summed E-state index contributed by atoms with van der Waals surface area (Å²) >= 11 is 18.3. The summed E-state index contributed by atoms with van der Waals surface area (Å²) < 4.78 is 0. The molecule has 16 heavy (non-hydrogen) atoms. The van der Waals surface area contributed by atoms with Crippen LogP contribution in [0.25, 0.3) is 0 Å². The third-order valence-corrected chi connectivity index (χ3v) is 4.64. The van der Waals surface area contributed by atoms with Crippen molar-refractivity contribution in [1.82, 2.24) is 0 Å². The molecule has 1 aliphatic carbocycles. The Morgan fingerprint density at radius 2 is 1.94 bits per heavy atom. The fourth-order valence-electron chi connectivity index (χ4n) is 1.99. The molecule has 2 atom stereocenters. The first-order chi connectivity index (χ1) is 7.58. The van der Waals surface area contributed by atoms with Gasteiger partial charge in [-0.25, -0.2) is 0 Å². The van der Waals surface area contributed by atoms with E-state index in [1.165, 1.54) is 18.4 Å². The van der Waals surface area contributed by atoms with E-state index in [1.807, 2.05) is 18.2 Å². The molecule has 0 N–H and O–H groups in total. The number of benzene rings is 1. The Morgan fingerprint density at radius 3 is 2.50 bits per heavy atom. The van der Waals surface area contributed by atoms with E-state index in [9.17, 15) is 0 Å². The van der Waals surface area contributed by atoms with Crippen LogP contribution in [0.3, 0.4) is 0 Å². The van der Waals surface area contributed by atoms with Crippen molar-refractivity contribution in [3.05, 3.63) is 33.8 Å². The second kappa shape index (κ2) is 5.16. The summed E-state index contributed by atoms with van der Waals surface area (Å²) in [5, 5.41) is 1.42. The first kappa shape index (κ1) is 12.5. The molecule has 1 saturated carbocycles. The number of rotatable bonds is 4. The Morgan fingerprint density at radius 1 is 1.25 bits per heavy atom. The molecule has 0 radical (unpaired) electrons. The molecule has 3 heteroatoms. The van der Waals surface area contributed by atoms with E-state index in [0.29, 0.717) is 16.0 Å².